The van der Waals surface area contributed by atoms with E-state index in [4.69, 9.17) is 16.3 Å². The van der Waals surface area contributed by atoms with Crippen molar-refractivity contribution < 1.29 is 14.3 Å². The summed E-state index contributed by atoms with van der Waals surface area (Å²) in [5.74, 6) is 0.0831. The number of ether oxygens (including phenoxy) is 1. The Bertz CT molecular complexity index is 527. The third kappa shape index (κ3) is 5.84. The van der Waals surface area contributed by atoms with Gasteiger partial charge in [0.15, 0.2) is 0 Å². The summed E-state index contributed by atoms with van der Waals surface area (Å²) >= 11 is 5.87. The summed E-state index contributed by atoms with van der Waals surface area (Å²) < 4.78 is 5.24. The minimum Gasteiger partial charge on any atom is -0.378 e. The lowest BCUT2D eigenvalue weighted by molar-refractivity contribution is -0.136. The summed E-state index contributed by atoms with van der Waals surface area (Å²) in [7, 11) is 0. The largest absolute Gasteiger partial charge is 0.378 e. The molecule has 2 rings (SSSR count). The van der Waals surface area contributed by atoms with Gasteiger partial charge in [0, 0.05) is 44.5 Å². The van der Waals surface area contributed by atoms with Gasteiger partial charge in [0.2, 0.25) is 11.8 Å². The maximum Gasteiger partial charge on any atom is 0.224 e. The minimum absolute atomic E-state index is 0.00580. The number of hydrogen-bond acceptors (Lipinski definition) is 3. The summed E-state index contributed by atoms with van der Waals surface area (Å²) in [5.41, 5.74) is 1.13. The number of hydrogen-bond donors (Lipinski definition) is 0. The van der Waals surface area contributed by atoms with Gasteiger partial charge in [0.05, 0.1) is 13.2 Å². The van der Waals surface area contributed by atoms with Crippen LogP contribution in [-0.4, -0.2) is 61.0 Å². The first-order chi connectivity index (χ1) is 11.1. The van der Waals surface area contributed by atoms with Crippen molar-refractivity contribution in [3.63, 3.8) is 0 Å². The van der Waals surface area contributed by atoms with E-state index in [2.05, 4.69) is 0 Å². The molecule has 1 heterocycles. The summed E-state index contributed by atoms with van der Waals surface area (Å²) in [6.07, 6.45) is 1.11. The van der Waals surface area contributed by atoms with Crippen LogP contribution in [0.25, 0.3) is 0 Å². The standard InChI is InChI=1S/C17H23ClN2O3/c1-14(21)19(8-6-15-2-4-16(18)5-3-15)9-7-17(22)20-10-12-23-13-11-20/h2-5H,6-13H2,1H3. The fourth-order valence-electron chi connectivity index (χ4n) is 2.54. The molecule has 6 heteroatoms. The topological polar surface area (TPSA) is 49.9 Å². The molecule has 2 amide bonds. The van der Waals surface area contributed by atoms with Crippen LogP contribution in [0.2, 0.25) is 5.02 Å². The number of morpholine rings is 1. The number of carbonyl (C=O) groups is 2. The maximum absolute atomic E-state index is 12.2. The van der Waals surface area contributed by atoms with Crippen LogP contribution in [0.5, 0.6) is 0 Å². The zero-order chi connectivity index (χ0) is 16.7. The van der Waals surface area contributed by atoms with E-state index in [0.717, 1.165) is 12.0 Å². The van der Waals surface area contributed by atoms with Crippen LogP contribution in [0, 0.1) is 0 Å². The summed E-state index contributed by atoms with van der Waals surface area (Å²) in [4.78, 5) is 27.5. The molecule has 1 aromatic rings. The van der Waals surface area contributed by atoms with E-state index in [9.17, 15) is 9.59 Å². The summed E-state index contributed by atoms with van der Waals surface area (Å²) in [6.45, 7) is 5.08. The molecule has 0 unspecified atom stereocenters. The molecular weight excluding hydrogens is 316 g/mol. The van der Waals surface area contributed by atoms with Gasteiger partial charge in [-0.25, -0.2) is 0 Å². The molecule has 0 spiro atoms. The van der Waals surface area contributed by atoms with E-state index < -0.39 is 0 Å². The molecule has 0 radical (unpaired) electrons. The third-order valence-corrected chi connectivity index (χ3v) is 4.24. The molecule has 1 saturated heterocycles. The fourth-order valence-corrected chi connectivity index (χ4v) is 2.67. The first-order valence-electron chi connectivity index (χ1n) is 7.92. The zero-order valence-electron chi connectivity index (χ0n) is 13.5. The molecule has 0 atom stereocenters. The van der Waals surface area contributed by atoms with Crippen LogP contribution in [0.1, 0.15) is 18.9 Å². The fraction of sp³-hybridized carbons (Fsp3) is 0.529. The SMILES string of the molecule is CC(=O)N(CCC(=O)N1CCOCC1)CCc1ccc(Cl)cc1. The summed E-state index contributed by atoms with van der Waals surface area (Å²) in [6, 6.07) is 7.60. The smallest absolute Gasteiger partial charge is 0.224 e. The first kappa shape index (κ1) is 17.8. The Kier molecular flexibility index (Phi) is 6.86. The third-order valence-electron chi connectivity index (χ3n) is 3.99. The zero-order valence-corrected chi connectivity index (χ0v) is 14.2. The van der Waals surface area contributed by atoms with Crippen molar-refractivity contribution in [2.24, 2.45) is 0 Å². The molecule has 5 nitrogen and oxygen atoms in total. The molecule has 0 aromatic heterocycles. The van der Waals surface area contributed by atoms with Gasteiger partial charge in [-0.1, -0.05) is 23.7 Å². The molecule has 1 fully saturated rings. The van der Waals surface area contributed by atoms with E-state index in [1.807, 2.05) is 24.3 Å². The van der Waals surface area contributed by atoms with Gasteiger partial charge in [0.25, 0.3) is 0 Å². The Morgan fingerprint density at radius 2 is 1.83 bits per heavy atom. The Morgan fingerprint density at radius 1 is 1.17 bits per heavy atom. The van der Waals surface area contributed by atoms with Gasteiger partial charge in [-0.3, -0.25) is 9.59 Å². The average molecular weight is 339 g/mol. The van der Waals surface area contributed by atoms with Crippen LogP contribution in [0.4, 0.5) is 0 Å². The highest BCUT2D eigenvalue weighted by molar-refractivity contribution is 6.30. The van der Waals surface area contributed by atoms with Gasteiger partial charge in [0.1, 0.15) is 0 Å². The minimum atomic E-state index is -0.00580. The van der Waals surface area contributed by atoms with E-state index in [1.54, 1.807) is 16.7 Å². The van der Waals surface area contributed by atoms with E-state index >= 15 is 0 Å². The Balaban J connectivity index is 1.80. The van der Waals surface area contributed by atoms with Gasteiger partial charge in [-0.2, -0.15) is 0 Å². The Morgan fingerprint density at radius 3 is 2.43 bits per heavy atom. The van der Waals surface area contributed by atoms with Crippen LogP contribution in [-0.2, 0) is 20.7 Å². The van der Waals surface area contributed by atoms with Crippen molar-refractivity contribution in [3.05, 3.63) is 34.9 Å². The molecular formula is C17H23ClN2O3. The lowest BCUT2D eigenvalue weighted by Gasteiger charge is -2.28. The molecule has 1 aliphatic heterocycles. The highest BCUT2D eigenvalue weighted by Gasteiger charge is 2.18. The van der Waals surface area contributed by atoms with Gasteiger partial charge < -0.3 is 14.5 Å². The normalized spacial score (nSPS) is 14.6. The molecule has 0 saturated carbocycles. The van der Waals surface area contributed by atoms with Crippen LogP contribution in [0.15, 0.2) is 24.3 Å². The molecule has 0 aliphatic carbocycles. The van der Waals surface area contributed by atoms with Gasteiger partial charge >= 0.3 is 0 Å². The molecule has 1 aliphatic rings. The Hall–Kier alpha value is -1.59. The first-order valence-corrected chi connectivity index (χ1v) is 8.29. The van der Waals surface area contributed by atoms with Crippen molar-refractivity contribution in [2.75, 3.05) is 39.4 Å². The van der Waals surface area contributed by atoms with E-state index in [1.165, 1.54) is 0 Å². The quantitative estimate of drug-likeness (QED) is 0.797. The van der Waals surface area contributed by atoms with Crippen molar-refractivity contribution in [1.29, 1.82) is 0 Å². The van der Waals surface area contributed by atoms with E-state index in [0.29, 0.717) is 50.8 Å². The molecule has 0 bridgehead atoms. The lowest BCUT2D eigenvalue weighted by Crippen LogP contribution is -2.42. The second kappa shape index (κ2) is 8.89. The monoisotopic (exact) mass is 338 g/mol. The van der Waals surface area contributed by atoms with Crippen molar-refractivity contribution in [1.82, 2.24) is 9.80 Å². The van der Waals surface area contributed by atoms with Crippen molar-refractivity contribution in [2.45, 2.75) is 19.8 Å². The molecule has 0 N–H and O–H groups in total. The molecule has 126 valence electrons. The Labute approximate surface area is 142 Å². The number of rotatable bonds is 6. The van der Waals surface area contributed by atoms with Crippen molar-refractivity contribution in [3.8, 4) is 0 Å². The van der Waals surface area contributed by atoms with Gasteiger partial charge in [-0.15, -0.1) is 0 Å². The lowest BCUT2D eigenvalue weighted by atomic mass is 10.1. The van der Waals surface area contributed by atoms with Crippen LogP contribution >= 0.6 is 11.6 Å². The highest BCUT2D eigenvalue weighted by atomic mass is 35.5. The number of benzene rings is 1. The maximum atomic E-state index is 12.2. The highest BCUT2D eigenvalue weighted by Crippen LogP contribution is 2.11. The average Bonchev–Trinajstić information content (AvgIpc) is 2.56. The van der Waals surface area contributed by atoms with E-state index in [-0.39, 0.29) is 11.8 Å². The number of nitrogens with zero attached hydrogens (tertiary/aromatic N) is 2. The number of amides is 2. The second-order valence-corrected chi connectivity index (χ2v) is 6.06. The predicted molar refractivity (Wildman–Crippen MR) is 89.4 cm³/mol. The number of halogens is 1. The van der Waals surface area contributed by atoms with Crippen molar-refractivity contribution >= 4 is 23.4 Å². The summed E-state index contributed by atoms with van der Waals surface area (Å²) in [5, 5.41) is 0.702. The number of carbonyl (C=O) groups excluding carboxylic acids is 2. The van der Waals surface area contributed by atoms with Crippen LogP contribution in [0.3, 0.4) is 0 Å². The predicted octanol–water partition coefficient (Wildman–Crippen LogP) is 1.98. The van der Waals surface area contributed by atoms with Crippen LogP contribution < -0.4 is 0 Å². The molecule has 1 aromatic carbocycles. The van der Waals surface area contributed by atoms with Gasteiger partial charge in [-0.05, 0) is 24.1 Å². The molecule has 23 heavy (non-hydrogen) atoms. The second-order valence-electron chi connectivity index (χ2n) is 5.63.